The van der Waals surface area contributed by atoms with Gasteiger partial charge in [-0.25, -0.2) is 0 Å². The first-order valence-corrected chi connectivity index (χ1v) is 20.0. The lowest BCUT2D eigenvalue weighted by atomic mass is 9.91. The monoisotopic (exact) mass is 729 g/mol. The maximum absolute atomic E-state index is 2.46. The number of benzene rings is 10. The predicted molar refractivity (Wildman–Crippen MR) is 243 cm³/mol. The van der Waals surface area contributed by atoms with Gasteiger partial charge in [-0.2, -0.15) is 0 Å². The molecule has 0 bridgehead atoms. The lowest BCUT2D eigenvalue weighted by Crippen LogP contribution is -2.10. The van der Waals surface area contributed by atoms with E-state index in [1.165, 1.54) is 91.6 Å². The highest BCUT2D eigenvalue weighted by Gasteiger charge is 2.20. The Morgan fingerprint density at radius 1 is 0.304 bits per heavy atom. The minimum Gasteiger partial charge on any atom is -0.310 e. The van der Waals surface area contributed by atoms with Gasteiger partial charge in [-0.3, -0.25) is 0 Å². The Morgan fingerprint density at radius 2 is 0.875 bits per heavy atom. The van der Waals surface area contributed by atoms with Crippen LogP contribution >= 0.6 is 11.3 Å². The van der Waals surface area contributed by atoms with Crippen molar-refractivity contribution in [1.29, 1.82) is 0 Å². The number of hydrogen-bond donors (Lipinski definition) is 0. The highest BCUT2D eigenvalue weighted by Crippen LogP contribution is 2.47. The molecule has 0 amide bonds. The number of nitrogens with zero attached hydrogens (tertiary/aromatic N) is 1. The van der Waals surface area contributed by atoms with E-state index in [2.05, 4.69) is 217 Å². The lowest BCUT2D eigenvalue weighted by molar-refractivity contribution is 1.31. The van der Waals surface area contributed by atoms with Crippen LogP contribution in [0.4, 0.5) is 17.1 Å². The van der Waals surface area contributed by atoms with Crippen molar-refractivity contribution < 1.29 is 0 Å². The Balaban J connectivity index is 1.11. The zero-order valence-corrected chi connectivity index (χ0v) is 31.4. The van der Waals surface area contributed by atoms with Gasteiger partial charge >= 0.3 is 0 Å². The number of thiophene rings is 1. The van der Waals surface area contributed by atoms with Crippen LogP contribution in [-0.2, 0) is 0 Å². The molecule has 1 aromatic heterocycles. The summed E-state index contributed by atoms with van der Waals surface area (Å²) in [4.78, 5) is 2.46. The number of fused-ring (bicyclic) bond motifs is 7. The van der Waals surface area contributed by atoms with Gasteiger partial charge in [0.05, 0.1) is 5.69 Å². The van der Waals surface area contributed by atoms with Crippen LogP contribution in [0.1, 0.15) is 0 Å². The molecule has 262 valence electrons. The summed E-state index contributed by atoms with van der Waals surface area (Å²) in [6.45, 7) is 0. The van der Waals surface area contributed by atoms with Gasteiger partial charge in [-0.15, -0.1) is 11.3 Å². The zero-order chi connectivity index (χ0) is 37.0. The number of rotatable bonds is 6. The number of anilines is 3. The van der Waals surface area contributed by atoms with Crippen molar-refractivity contribution in [3.8, 4) is 33.4 Å². The van der Waals surface area contributed by atoms with Crippen LogP contribution < -0.4 is 4.90 Å². The maximum Gasteiger partial charge on any atom is 0.0546 e. The van der Waals surface area contributed by atoms with Crippen molar-refractivity contribution in [2.45, 2.75) is 0 Å². The van der Waals surface area contributed by atoms with Crippen molar-refractivity contribution in [2.24, 2.45) is 0 Å². The third kappa shape index (κ3) is 5.46. The molecule has 0 atom stereocenters. The van der Waals surface area contributed by atoms with Gasteiger partial charge in [0.25, 0.3) is 0 Å². The normalized spacial score (nSPS) is 11.6. The summed E-state index contributed by atoms with van der Waals surface area (Å²) in [6.07, 6.45) is 0. The van der Waals surface area contributed by atoms with Crippen molar-refractivity contribution in [3.63, 3.8) is 0 Å². The van der Waals surface area contributed by atoms with E-state index < -0.39 is 0 Å². The quantitative estimate of drug-likeness (QED) is 0.165. The third-order valence-electron chi connectivity index (χ3n) is 11.2. The molecule has 0 unspecified atom stereocenters. The Morgan fingerprint density at radius 3 is 1.64 bits per heavy atom. The average Bonchev–Trinajstić information content (AvgIpc) is 3.66. The second kappa shape index (κ2) is 13.4. The molecule has 0 N–H and O–H groups in total. The molecular weight excluding hydrogens is 695 g/mol. The van der Waals surface area contributed by atoms with E-state index in [9.17, 15) is 0 Å². The fourth-order valence-corrected chi connectivity index (χ4v) is 9.71. The summed E-state index contributed by atoms with van der Waals surface area (Å²) in [5, 5.41) is 10.1. The third-order valence-corrected chi connectivity index (χ3v) is 12.4. The average molecular weight is 730 g/mol. The Labute approximate surface area is 330 Å². The maximum atomic E-state index is 2.46. The van der Waals surface area contributed by atoms with E-state index in [-0.39, 0.29) is 0 Å². The molecule has 1 nitrogen and oxygen atoms in total. The van der Waals surface area contributed by atoms with Crippen LogP contribution in [-0.4, -0.2) is 0 Å². The van der Waals surface area contributed by atoms with Gasteiger partial charge in [0.15, 0.2) is 0 Å². The van der Waals surface area contributed by atoms with Crippen LogP contribution in [0.25, 0.3) is 85.9 Å². The first-order chi connectivity index (χ1) is 27.8. The standard InChI is InChI=1S/C54H35NS/c1-3-12-36(13-4-1)41-24-25-43-35-45(32-28-42(43)34-41)55(49-22-11-18-40-29-33-51-54(53(40)49)48-19-7-8-23-50(48)56-51)44-30-26-38(27-31-44)47-21-10-17-39-16-9-20-46(52(39)47)37-14-5-2-6-15-37/h1-35H. The van der Waals surface area contributed by atoms with Crippen molar-refractivity contribution in [3.05, 3.63) is 212 Å². The highest BCUT2D eigenvalue weighted by molar-refractivity contribution is 7.26. The largest absolute Gasteiger partial charge is 0.310 e. The molecular formula is C54H35NS. The summed E-state index contributed by atoms with van der Waals surface area (Å²) in [6, 6.07) is 77.7. The van der Waals surface area contributed by atoms with E-state index in [1.54, 1.807) is 0 Å². The molecule has 2 heteroatoms. The minimum atomic E-state index is 1.11. The predicted octanol–water partition coefficient (Wildman–Crippen LogP) is 16.0. The van der Waals surface area contributed by atoms with Crippen LogP contribution in [0, 0.1) is 0 Å². The Kier molecular flexibility index (Phi) is 7.75. The molecule has 0 aliphatic heterocycles. The summed E-state index contributed by atoms with van der Waals surface area (Å²) >= 11 is 1.87. The smallest absolute Gasteiger partial charge is 0.0546 e. The molecule has 0 aliphatic carbocycles. The van der Waals surface area contributed by atoms with E-state index in [0.29, 0.717) is 0 Å². The Bertz CT molecular complexity index is 3230. The van der Waals surface area contributed by atoms with Crippen molar-refractivity contribution in [1.82, 2.24) is 0 Å². The molecule has 0 saturated carbocycles. The van der Waals surface area contributed by atoms with Crippen LogP contribution in [0.3, 0.4) is 0 Å². The van der Waals surface area contributed by atoms with Gasteiger partial charge in [-0.05, 0) is 109 Å². The Hall–Kier alpha value is -7.00. The molecule has 0 saturated heterocycles. The first kappa shape index (κ1) is 32.4. The summed E-state index contributed by atoms with van der Waals surface area (Å²) < 4.78 is 2.61. The van der Waals surface area contributed by atoms with Gasteiger partial charge in [0, 0.05) is 36.9 Å². The SMILES string of the molecule is c1ccc(-c2ccc3cc(N(c4ccc(-c5cccc6cccc(-c7ccccc7)c56)cc4)c4cccc5ccc6sc7ccccc7c6c45)ccc3c2)cc1. The summed E-state index contributed by atoms with van der Waals surface area (Å²) in [5.74, 6) is 0. The van der Waals surface area contributed by atoms with Crippen LogP contribution in [0.15, 0.2) is 212 Å². The van der Waals surface area contributed by atoms with Crippen LogP contribution in [0.5, 0.6) is 0 Å². The molecule has 10 aromatic carbocycles. The molecule has 1 heterocycles. The lowest BCUT2D eigenvalue weighted by Gasteiger charge is -2.28. The summed E-state index contributed by atoms with van der Waals surface area (Å²) in [7, 11) is 0. The minimum absolute atomic E-state index is 1.11. The van der Waals surface area contributed by atoms with E-state index >= 15 is 0 Å². The fourth-order valence-electron chi connectivity index (χ4n) is 8.60. The molecule has 0 radical (unpaired) electrons. The van der Waals surface area contributed by atoms with Gasteiger partial charge in [0.1, 0.15) is 0 Å². The van der Waals surface area contributed by atoms with E-state index in [4.69, 9.17) is 0 Å². The second-order valence-corrected chi connectivity index (χ2v) is 15.6. The van der Waals surface area contributed by atoms with Gasteiger partial charge < -0.3 is 4.90 Å². The molecule has 0 fully saturated rings. The fraction of sp³-hybridized carbons (Fsp3) is 0. The molecule has 11 rings (SSSR count). The summed E-state index contributed by atoms with van der Waals surface area (Å²) in [5.41, 5.74) is 10.8. The van der Waals surface area contributed by atoms with Crippen LogP contribution in [0.2, 0.25) is 0 Å². The molecule has 11 aromatic rings. The molecule has 0 spiro atoms. The zero-order valence-electron chi connectivity index (χ0n) is 30.6. The first-order valence-electron chi connectivity index (χ1n) is 19.2. The highest BCUT2D eigenvalue weighted by atomic mass is 32.1. The topological polar surface area (TPSA) is 3.24 Å². The second-order valence-electron chi connectivity index (χ2n) is 14.5. The van der Waals surface area contributed by atoms with Crippen molar-refractivity contribution in [2.75, 3.05) is 4.90 Å². The van der Waals surface area contributed by atoms with Crippen molar-refractivity contribution >= 4 is 80.9 Å². The molecule has 0 aliphatic rings. The van der Waals surface area contributed by atoms with Gasteiger partial charge in [0.2, 0.25) is 0 Å². The number of hydrogen-bond acceptors (Lipinski definition) is 2. The molecule has 56 heavy (non-hydrogen) atoms. The van der Waals surface area contributed by atoms with Gasteiger partial charge in [-0.1, -0.05) is 164 Å². The van der Waals surface area contributed by atoms with E-state index in [1.807, 2.05) is 11.3 Å². The van der Waals surface area contributed by atoms with E-state index in [0.717, 1.165) is 11.4 Å².